The monoisotopic (exact) mass is 447 g/mol. The Bertz CT molecular complexity index is 331. The predicted molar refractivity (Wildman–Crippen MR) is 58.6 cm³/mol. The number of rotatable bonds is 7. The molecule has 0 aliphatic rings. The average molecular weight is 447 g/mol. The maximum absolute atomic E-state index is 11.9. The van der Waals surface area contributed by atoms with Gasteiger partial charge in [0.25, 0.3) is 0 Å². The molecule has 0 aliphatic carbocycles. The Labute approximate surface area is 114 Å². The number of likely N-dealkylation sites (N-methyl/N-ethyl adjacent to an activating group) is 1. The maximum atomic E-state index is 11.9. The van der Waals surface area contributed by atoms with Crippen molar-refractivity contribution >= 4 is 11.6 Å². The van der Waals surface area contributed by atoms with Crippen molar-refractivity contribution in [3.63, 3.8) is 0 Å². The summed E-state index contributed by atoms with van der Waals surface area (Å²) < 4.78 is 2.86. The number of ketones is 2. The van der Waals surface area contributed by atoms with Crippen molar-refractivity contribution in [3.05, 3.63) is 11.8 Å². The van der Waals surface area contributed by atoms with Gasteiger partial charge >= 0.3 is 115 Å². The summed E-state index contributed by atoms with van der Waals surface area (Å²) >= 11 is 0.573. The molecule has 0 saturated carbocycles. The Morgan fingerprint density at radius 1 is 1.50 bits per heavy atom. The number of Topliss-reactive ketones (excluding diaryl/α,β-unsaturated/α-hetero) is 2. The average Bonchev–Trinajstić information content (AvgIpc) is 2.31. The molecule has 2 N–H and O–H groups in total. The number of hydrogen-bond donors (Lipinski definition) is 2. The number of hydrogen-bond acceptors (Lipinski definition) is 4. The standard InChI is InChI=1S/C11H17N2O2.U/c1-5-10(14)6-9(7-12-3)11(15)8(2)13-4;/h7-8,12-13H,5-6H2,1-2,4H3;/b9-7+;. The van der Waals surface area contributed by atoms with Gasteiger partial charge in [-0.2, -0.15) is 0 Å². The second-order valence-electron chi connectivity index (χ2n) is 3.38. The van der Waals surface area contributed by atoms with Gasteiger partial charge in [0.2, 0.25) is 0 Å². The van der Waals surface area contributed by atoms with Crippen molar-refractivity contribution in [1.82, 2.24) is 10.6 Å². The van der Waals surface area contributed by atoms with Gasteiger partial charge in [-0.1, -0.05) is 0 Å². The third-order valence-corrected chi connectivity index (χ3v) is 2.84. The molecule has 0 saturated heterocycles. The first-order valence-corrected chi connectivity index (χ1v) is 7.24. The van der Waals surface area contributed by atoms with Crippen LogP contribution in [0.4, 0.5) is 0 Å². The minimum atomic E-state index is -0.269. The molecule has 0 aromatic carbocycles. The summed E-state index contributed by atoms with van der Waals surface area (Å²) in [5.74, 6) is 0.0258. The van der Waals surface area contributed by atoms with Gasteiger partial charge in [0.15, 0.2) is 0 Å². The molecule has 0 fully saturated rings. The van der Waals surface area contributed by atoms with Gasteiger partial charge in [-0.25, -0.2) is 0 Å². The van der Waals surface area contributed by atoms with Gasteiger partial charge in [0, 0.05) is 0 Å². The van der Waals surface area contributed by atoms with E-state index in [0.29, 0.717) is 40.7 Å². The molecule has 0 aromatic heterocycles. The molecule has 1 atom stereocenters. The van der Waals surface area contributed by atoms with E-state index in [0.717, 1.165) is 0 Å². The molecule has 0 aliphatic heterocycles. The van der Waals surface area contributed by atoms with Crippen LogP contribution >= 0.6 is 0 Å². The van der Waals surface area contributed by atoms with E-state index >= 15 is 0 Å². The third kappa shape index (κ3) is 5.67. The van der Waals surface area contributed by atoms with Crippen LogP contribution in [-0.4, -0.2) is 24.7 Å². The van der Waals surface area contributed by atoms with Crippen LogP contribution in [0, 0.1) is 31.6 Å². The van der Waals surface area contributed by atoms with Gasteiger partial charge in [-0.05, 0) is 0 Å². The molecule has 87 valence electrons. The van der Waals surface area contributed by atoms with Gasteiger partial charge in [-0.3, -0.25) is 0 Å². The molecule has 0 bridgehead atoms. The zero-order valence-corrected chi connectivity index (χ0v) is 14.0. The summed E-state index contributed by atoms with van der Waals surface area (Å²) in [7, 11) is 1.72. The van der Waals surface area contributed by atoms with Crippen LogP contribution < -0.4 is 10.6 Å². The molecule has 16 heavy (non-hydrogen) atoms. The first-order valence-electron chi connectivity index (χ1n) is 5.16. The summed E-state index contributed by atoms with van der Waals surface area (Å²) in [6.45, 7) is 3.58. The van der Waals surface area contributed by atoms with E-state index in [1.54, 1.807) is 27.1 Å². The number of carbonyl (C=O) groups is 2. The fourth-order valence-corrected chi connectivity index (χ4v) is 1.38. The summed E-state index contributed by atoms with van der Waals surface area (Å²) in [6, 6.07) is -0.269. The van der Waals surface area contributed by atoms with E-state index in [1.165, 1.54) is 0 Å². The summed E-state index contributed by atoms with van der Waals surface area (Å²) in [5.41, 5.74) is 0.516. The van der Waals surface area contributed by atoms with E-state index in [-0.39, 0.29) is 24.0 Å². The quantitative estimate of drug-likeness (QED) is 0.441. The molecule has 1 unspecified atom stereocenters. The summed E-state index contributed by atoms with van der Waals surface area (Å²) in [6.07, 6.45) is 2.24. The fourth-order valence-electron chi connectivity index (χ4n) is 1.08. The van der Waals surface area contributed by atoms with E-state index in [2.05, 4.69) is 13.6 Å². The van der Waals surface area contributed by atoms with Crippen LogP contribution in [0.5, 0.6) is 0 Å². The summed E-state index contributed by atoms with van der Waals surface area (Å²) in [4.78, 5) is 23.2. The molecule has 4 nitrogen and oxygen atoms in total. The Kier molecular flexibility index (Phi) is 8.60. The molecule has 0 spiro atoms. The van der Waals surface area contributed by atoms with Crippen molar-refractivity contribution in [1.29, 1.82) is 0 Å². The van der Waals surface area contributed by atoms with Crippen molar-refractivity contribution < 1.29 is 38.3 Å². The van der Waals surface area contributed by atoms with Gasteiger partial charge < -0.3 is 0 Å². The fraction of sp³-hybridized carbons (Fsp3) is 0.545. The molecule has 0 rings (SSSR count). The first-order chi connectivity index (χ1) is 7.56. The first kappa shape index (κ1) is 15.7. The Hall–Kier alpha value is -0.328. The Balaban J connectivity index is 4.75. The predicted octanol–water partition coefficient (Wildman–Crippen LogP) is 0.472. The van der Waals surface area contributed by atoms with Crippen molar-refractivity contribution in [2.45, 2.75) is 32.7 Å². The third-order valence-electron chi connectivity index (χ3n) is 2.24. The number of carbonyl (C=O) groups excluding carboxylic acids is 2. The Morgan fingerprint density at radius 2 is 2.12 bits per heavy atom. The van der Waals surface area contributed by atoms with E-state index in [9.17, 15) is 9.59 Å². The van der Waals surface area contributed by atoms with Gasteiger partial charge in [0.1, 0.15) is 0 Å². The zero-order chi connectivity index (χ0) is 12.6. The molecular formula is C11H17N2O2U. The van der Waals surface area contributed by atoms with Crippen LogP contribution in [-0.2, 0) is 9.59 Å². The molecule has 0 aromatic rings. The zero-order valence-electron chi connectivity index (χ0n) is 9.89. The molecular weight excluding hydrogens is 430 g/mol. The second kappa shape index (κ2) is 8.78. The topological polar surface area (TPSA) is 58.2 Å². The van der Waals surface area contributed by atoms with Crippen LogP contribution in [0.2, 0.25) is 0 Å². The number of nitrogens with one attached hydrogen (secondary N) is 2. The van der Waals surface area contributed by atoms with Crippen LogP contribution in [0.15, 0.2) is 11.8 Å². The van der Waals surface area contributed by atoms with Crippen LogP contribution in [0.1, 0.15) is 26.7 Å². The van der Waals surface area contributed by atoms with Gasteiger partial charge in [0.05, 0.1) is 0 Å². The van der Waals surface area contributed by atoms with Crippen molar-refractivity contribution in [3.8, 4) is 2.94 Å². The van der Waals surface area contributed by atoms with E-state index in [4.69, 9.17) is 0 Å². The van der Waals surface area contributed by atoms with Crippen LogP contribution in [0.3, 0.4) is 0 Å². The minimum absolute atomic E-state index is 0.0442. The second-order valence-corrected chi connectivity index (χ2v) is 4.42. The van der Waals surface area contributed by atoms with E-state index < -0.39 is 0 Å². The summed E-state index contributed by atoms with van der Waals surface area (Å²) in [5, 5.41) is 5.67. The van der Waals surface area contributed by atoms with Crippen LogP contribution in [0.25, 0.3) is 0 Å². The Morgan fingerprint density at radius 3 is 2.56 bits per heavy atom. The van der Waals surface area contributed by atoms with E-state index in [1.807, 2.05) is 0 Å². The molecule has 5 heteroatoms. The molecule has 0 heterocycles. The molecule has 0 amide bonds. The van der Waals surface area contributed by atoms with Crippen molar-refractivity contribution in [2.75, 3.05) is 7.05 Å². The normalized spacial score (nSPS) is 12.9. The molecule has 0 radical (unpaired) electrons. The SMILES string of the molecule is CCC(=O)C/C(=C\N[C]#[U])C(=O)C(C)NC. The van der Waals surface area contributed by atoms with Gasteiger partial charge in [-0.15, -0.1) is 0 Å². The van der Waals surface area contributed by atoms with Crippen molar-refractivity contribution in [2.24, 2.45) is 0 Å².